The molecule has 0 saturated carbocycles. The highest BCUT2D eigenvalue weighted by molar-refractivity contribution is 6.03. The number of pyridine rings is 1. The van der Waals surface area contributed by atoms with E-state index in [-0.39, 0.29) is 21.2 Å². The first-order valence-corrected chi connectivity index (χ1v) is 9.67. The SMILES string of the molecule is C/C=C\C(=NCC)Nc1ccc(Oc2ncccc2C(=O)NCc2ccco2)cc1.[HH].[HH]. The topological polar surface area (TPSA) is 88.8 Å². The van der Waals surface area contributed by atoms with Crippen molar-refractivity contribution in [3.63, 3.8) is 0 Å². The molecule has 0 unspecified atom stereocenters. The van der Waals surface area contributed by atoms with E-state index in [2.05, 4.69) is 20.6 Å². The number of benzene rings is 1. The molecular weight excluding hydrogens is 380 g/mol. The van der Waals surface area contributed by atoms with Crippen molar-refractivity contribution in [2.45, 2.75) is 20.4 Å². The Morgan fingerprint density at radius 3 is 2.77 bits per heavy atom. The van der Waals surface area contributed by atoms with Crippen LogP contribution in [0.4, 0.5) is 5.69 Å². The average molecular weight is 409 g/mol. The first-order chi connectivity index (χ1) is 14.7. The molecule has 0 atom stereocenters. The van der Waals surface area contributed by atoms with Crippen molar-refractivity contribution >= 4 is 17.4 Å². The lowest BCUT2D eigenvalue weighted by Crippen LogP contribution is -2.23. The summed E-state index contributed by atoms with van der Waals surface area (Å²) in [6.45, 7) is 4.91. The van der Waals surface area contributed by atoms with E-state index in [1.165, 1.54) is 0 Å². The Hall–Kier alpha value is -3.87. The second-order valence-electron chi connectivity index (χ2n) is 6.23. The summed E-state index contributed by atoms with van der Waals surface area (Å²) in [7, 11) is 0. The lowest BCUT2D eigenvalue weighted by molar-refractivity contribution is 0.0945. The Morgan fingerprint density at radius 1 is 1.23 bits per heavy atom. The molecule has 2 aromatic heterocycles. The van der Waals surface area contributed by atoms with Crippen molar-refractivity contribution in [1.29, 1.82) is 0 Å². The summed E-state index contributed by atoms with van der Waals surface area (Å²) < 4.78 is 11.1. The summed E-state index contributed by atoms with van der Waals surface area (Å²) in [5.74, 6) is 1.96. The van der Waals surface area contributed by atoms with Crippen molar-refractivity contribution < 1.29 is 16.8 Å². The molecular formula is C23H28N4O3. The van der Waals surface area contributed by atoms with Crippen LogP contribution in [0, 0.1) is 0 Å². The summed E-state index contributed by atoms with van der Waals surface area (Å²) >= 11 is 0. The third-order valence-electron chi connectivity index (χ3n) is 4.01. The van der Waals surface area contributed by atoms with Gasteiger partial charge in [-0.05, 0) is 68.5 Å². The standard InChI is InChI=1S/C23H24N4O3.2H2/c1-3-7-21(24-4-2)27-17-10-12-18(13-11-17)30-23-20(9-5-14-25-23)22(28)26-16-19-8-6-15-29-19;;/h3,5-15H,4,16H2,1-2H3,(H,24,27)(H,26,28);2*1H/b7-3-;;. The van der Waals surface area contributed by atoms with Crippen molar-refractivity contribution in [2.24, 2.45) is 4.99 Å². The maximum absolute atomic E-state index is 12.5. The van der Waals surface area contributed by atoms with Gasteiger partial charge in [0.1, 0.15) is 22.9 Å². The fourth-order valence-corrected chi connectivity index (χ4v) is 2.65. The first-order valence-electron chi connectivity index (χ1n) is 9.67. The van der Waals surface area contributed by atoms with E-state index in [0.717, 1.165) is 11.5 Å². The van der Waals surface area contributed by atoms with Gasteiger partial charge in [0.2, 0.25) is 5.88 Å². The number of hydrogen-bond acceptors (Lipinski definition) is 5. The maximum Gasteiger partial charge on any atom is 0.257 e. The van der Waals surface area contributed by atoms with Crippen molar-refractivity contribution in [3.05, 3.63) is 84.5 Å². The van der Waals surface area contributed by atoms with Crippen LogP contribution in [-0.2, 0) is 6.54 Å². The quantitative estimate of drug-likeness (QED) is 0.390. The van der Waals surface area contributed by atoms with Crippen LogP contribution in [0.25, 0.3) is 0 Å². The lowest BCUT2D eigenvalue weighted by atomic mass is 10.2. The minimum Gasteiger partial charge on any atom is -0.467 e. The molecule has 0 aliphatic rings. The van der Waals surface area contributed by atoms with Crippen LogP contribution in [-0.4, -0.2) is 23.3 Å². The van der Waals surface area contributed by atoms with Gasteiger partial charge in [-0.15, -0.1) is 0 Å². The number of aromatic nitrogens is 1. The molecule has 0 spiro atoms. The number of anilines is 1. The Labute approximate surface area is 178 Å². The molecule has 0 bridgehead atoms. The molecule has 1 aromatic carbocycles. The van der Waals surface area contributed by atoms with Gasteiger partial charge in [0.15, 0.2) is 0 Å². The minimum absolute atomic E-state index is 0. The average Bonchev–Trinajstić information content (AvgIpc) is 3.28. The molecule has 0 radical (unpaired) electrons. The van der Waals surface area contributed by atoms with E-state index < -0.39 is 0 Å². The molecule has 30 heavy (non-hydrogen) atoms. The van der Waals surface area contributed by atoms with Gasteiger partial charge in [0, 0.05) is 21.3 Å². The summed E-state index contributed by atoms with van der Waals surface area (Å²) in [5, 5.41) is 6.05. The zero-order chi connectivity index (χ0) is 21.2. The molecule has 158 valence electrons. The van der Waals surface area contributed by atoms with Gasteiger partial charge < -0.3 is 19.8 Å². The van der Waals surface area contributed by atoms with E-state index in [9.17, 15) is 4.79 Å². The number of amidine groups is 1. The molecule has 3 aromatic rings. The predicted molar refractivity (Wildman–Crippen MR) is 121 cm³/mol. The highest BCUT2D eigenvalue weighted by Crippen LogP contribution is 2.24. The number of carbonyl (C=O) groups is 1. The largest absolute Gasteiger partial charge is 0.467 e. The molecule has 0 aliphatic carbocycles. The maximum atomic E-state index is 12.5. The van der Waals surface area contributed by atoms with Crippen molar-refractivity contribution in [2.75, 3.05) is 11.9 Å². The molecule has 2 N–H and O–H groups in total. The van der Waals surface area contributed by atoms with Crippen LogP contribution in [0.2, 0.25) is 0 Å². The number of nitrogens with one attached hydrogen (secondary N) is 2. The molecule has 0 fully saturated rings. The van der Waals surface area contributed by atoms with Crippen molar-refractivity contribution in [3.8, 4) is 11.6 Å². The van der Waals surface area contributed by atoms with Gasteiger partial charge in [0.25, 0.3) is 5.91 Å². The van der Waals surface area contributed by atoms with Crippen LogP contribution in [0.1, 0.15) is 32.8 Å². The van der Waals surface area contributed by atoms with E-state index >= 15 is 0 Å². The van der Waals surface area contributed by atoms with E-state index in [4.69, 9.17) is 9.15 Å². The summed E-state index contributed by atoms with van der Waals surface area (Å²) in [6, 6.07) is 14.3. The molecule has 0 aliphatic heterocycles. The Balaban J connectivity index is 0.00000256. The zero-order valence-corrected chi connectivity index (χ0v) is 17.0. The minimum atomic E-state index is -0.292. The molecule has 2 heterocycles. The van der Waals surface area contributed by atoms with Gasteiger partial charge in [0.05, 0.1) is 12.8 Å². The predicted octanol–water partition coefficient (Wildman–Crippen LogP) is 5.30. The molecule has 0 saturated heterocycles. The van der Waals surface area contributed by atoms with Crippen LogP contribution in [0.15, 0.2) is 82.6 Å². The number of amides is 1. The van der Waals surface area contributed by atoms with E-state index in [1.807, 2.05) is 38.1 Å². The Morgan fingerprint density at radius 2 is 2.07 bits per heavy atom. The number of rotatable bonds is 8. The first kappa shape index (κ1) is 20.9. The number of ether oxygens (including phenoxy) is 1. The fourth-order valence-electron chi connectivity index (χ4n) is 2.65. The normalized spacial score (nSPS) is 11.5. The fraction of sp³-hybridized carbons (Fsp3) is 0.174. The van der Waals surface area contributed by atoms with Crippen molar-refractivity contribution in [1.82, 2.24) is 10.3 Å². The second kappa shape index (κ2) is 10.6. The molecule has 1 amide bonds. The number of allylic oxidation sites excluding steroid dienone is 1. The number of hydrogen-bond donors (Lipinski definition) is 2. The molecule has 3 rings (SSSR count). The smallest absolute Gasteiger partial charge is 0.257 e. The van der Waals surface area contributed by atoms with Gasteiger partial charge in [-0.2, -0.15) is 0 Å². The monoisotopic (exact) mass is 408 g/mol. The number of nitrogens with zero attached hydrogens (tertiary/aromatic N) is 2. The van der Waals surface area contributed by atoms with Crippen LogP contribution >= 0.6 is 0 Å². The van der Waals surface area contributed by atoms with E-state index in [1.54, 1.807) is 48.9 Å². The molecule has 7 heteroatoms. The zero-order valence-electron chi connectivity index (χ0n) is 17.0. The number of furan rings is 1. The van der Waals surface area contributed by atoms with Gasteiger partial charge in [-0.25, -0.2) is 4.98 Å². The van der Waals surface area contributed by atoms with Crippen LogP contribution < -0.4 is 15.4 Å². The Bertz CT molecular complexity index is 1020. The van der Waals surface area contributed by atoms with E-state index in [0.29, 0.717) is 23.6 Å². The summed E-state index contributed by atoms with van der Waals surface area (Å²) in [6.07, 6.45) is 6.99. The summed E-state index contributed by atoms with van der Waals surface area (Å²) in [4.78, 5) is 21.1. The molecule has 7 nitrogen and oxygen atoms in total. The third-order valence-corrected chi connectivity index (χ3v) is 4.01. The Kier molecular flexibility index (Phi) is 7.38. The van der Waals surface area contributed by atoms with Crippen LogP contribution in [0.5, 0.6) is 11.6 Å². The highest BCUT2D eigenvalue weighted by atomic mass is 16.5. The van der Waals surface area contributed by atoms with Gasteiger partial charge >= 0.3 is 0 Å². The summed E-state index contributed by atoms with van der Waals surface area (Å²) in [5.41, 5.74) is 1.22. The second-order valence-corrected chi connectivity index (χ2v) is 6.23. The number of carbonyl (C=O) groups excluding carboxylic acids is 1. The van der Waals surface area contributed by atoms with Gasteiger partial charge in [-0.3, -0.25) is 9.79 Å². The number of aliphatic imine (C=N–C) groups is 1. The van der Waals surface area contributed by atoms with Crippen LogP contribution in [0.3, 0.4) is 0 Å². The lowest BCUT2D eigenvalue weighted by Gasteiger charge is -2.11. The van der Waals surface area contributed by atoms with Gasteiger partial charge in [-0.1, -0.05) is 6.08 Å². The third kappa shape index (κ3) is 5.81. The highest BCUT2D eigenvalue weighted by Gasteiger charge is 2.14.